The van der Waals surface area contributed by atoms with E-state index in [-0.39, 0.29) is 5.75 Å². The van der Waals surface area contributed by atoms with Crippen molar-refractivity contribution < 1.29 is 5.11 Å². The van der Waals surface area contributed by atoms with Gasteiger partial charge in [0.25, 0.3) is 0 Å². The Morgan fingerprint density at radius 1 is 1.22 bits per heavy atom. The molecule has 0 unspecified atom stereocenters. The summed E-state index contributed by atoms with van der Waals surface area (Å²) in [5.41, 5.74) is 2.98. The monoisotopic (exact) mass is 236 g/mol. The van der Waals surface area contributed by atoms with Crippen LogP contribution in [-0.2, 0) is 0 Å². The van der Waals surface area contributed by atoms with Gasteiger partial charge in [-0.05, 0) is 37.3 Å². The van der Waals surface area contributed by atoms with Crippen LogP contribution in [0.4, 0.5) is 5.69 Å². The number of phenols is 1. The van der Waals surface area contributed by atoms with Crippen molar-refractivity contribution in [3.05, 3.63) is 59.2 Å². The molecule has 2 rings (SSSR count). The molecule has 0 aliphatic carbocycles. The van der Waals surface area contributed by atoms with Crippen molar-refractivity contribution in [1.29, 1.82) is 5.26 Å². The number of aryl methyl sites for hydroxylation is 1. The van der Waals surface area contributed by atoms with Gasteiger partial charge in [-0.3, -0.25) is 4.99 Å². The number of rotatable bonds is 2. The summed E-state index contributed by atoms with van der Waals surface area (Å²) in [7, 11) is 0. The zero-order valence-electron chi connectivity index (χ0n) is 9.96. The highest BCUT2D eigenvalue weighted by molar-refractivity contribution is 5.85. The Kier molecular flexibility index (Phi) is 3.40. The number of aromatic hydroxyl groups is 1. The smallest absolute Gasteiger partial charge is 0.124 e. The molecular weight excluding hydrogens is 224 g/mol. The van der Waals surface area contributed by atoms with Gasteiger partial charge in [-0.2, -0.15) is 5.26 Å². The standard InChI is InChI=1S/C15H12N2O/c1-11-5-6-15(18)13(7-11)10-17-14-4-2-3-12(8-14)9-16/h2-8,10,18H,1H3. The molecule has 0 aromatic heterocycles. The molecule has 0 spiro atoms. The summed E-state index contributed by atoms with van der Waals surface area (Å²) in [5, 5.41) is 18.5. The lowest BCUT2D eigenvalue weighted by molar-refractivity contribution is 0.474. The third kappa shape index (κ3) is 2.74. The van der Waals surface area contributed by atoms with Gasteiger partial charge in [0.15, 0.2) is 0 Å². The van der Waals surface area contributed by atoms with E-state index in [1.54, 1.807) is 30.5 Å². The molecule has 0 heterocycles. The van der Waals surface area contributed by atoms with Crippen molar-refractivity contribution in [3.8, 4) is 11.8 Å². The molecule has 0 amide bonds. The lowest BCUT2D eigenvalue weighted by Crippen LogP contribution is -1.84. The van der Waals surface area contributed by atoms with Crippen molar-refractivity contribution in [1.82, 2.24) is 0 Å². The topological polar surface area (TPSA) is 56.4 Å². The quantitative estimate of drug-likeness (QED) is 0.813. The van der Waals surface area contributed by atoms with Gasteiger partial charge in [-0.15, -0.1) is 0 Å². The molecule has 0 bridgehead atoms. The number of hydrogen-bond acceptors (Lipinski definition) is 3. The first-order chi connectivity index (χ1) is 8.69. The molecule has 2 aromatic carbocycles. The Labute approximate surface area is 106 Å². The summed E-state index contributed by atoms with van der Waals surface area (Å²) < 4.78 is 0. The fourth-order valence-electron chi connectivity index (χ4n) is 1.58. The van der Waals surface area contributed by atoms with Crippen molar-refractivity contribution in [3.63, 3.8) is 0 Å². The van der Waals surface area contributed by atoms with E-state index in [1.165, 1.54) is 0 Å². The number of hydrogen-bond donors (Lipinski definition) is 1. The number of aliphatic imine (C=N–C) groups is 1. The molecule has 88 valence electrons. The molecule has 1 N–H and O–H groups in total. The Morgan fingerprint density at radius 3 is 2.83 bits per heavy atom. The number of benzene rings is 2. The van der Waals surface area contributed by atoms with Gasteiger partial charge in [0.05, 0.1) is 17.3 Å². The van der Waals surface area contributed by atoms with E-state index in [2.05, 4.69) is 11.1 Å². The predicted octanol–water partition coefficient (Wildman–Crippen LogP) is 3.32. The zero-order valence-corrected chi connectivity index (χ0v) is 9.96. The Hall–Kier alpha value is -2.60. The minimum Gasteiger partial charge on any atom is -0.507 e. The van der Waals surface area contributed by atoms with E-state index in [0.717, 1.165) is 5.56 Å². The molecule has 0 radical (unpaired) electrons. The Bertz CT molecular complexity index is 639. The Balaban J connectivity index is 2.30. The van der Waals surface area contributed by atoms with Crippen LogP contribution in [0, 0.1) is 18.3 Å². The van der Waals surface area contributed by atoms with Crippen LogP contribution in [0.5, 0.6) is 5.75 Å². The summed E-state index contributed by atoms with van der Waals surface area (Å²) in [6.07, 6.45) is 1.60. The molecule has 0 saturated carbocycles. The molecule has 0 fully saturated rings. The van der Waals surface area contributed by atoms with Crippen LogP contribution in [0.15, 0.2) is 47.5 Å². The first-order valence-corrected chi connectivity index (χ1v) is 5.53. The number of nitriles is 1. The first-order valence-electron chi connectivity index (χ1n) is 5.53. The van der Waals surface area contributed by atoms with E-state index < -0.39 is 0 Å². The summed E-state index contributed by atoms with van der Waals surface area (Å²) in [6.45, 7) is 1.95. The molecule has 3 heteroatoms. The fourth-order valence-corrected chi connectivity index (χ4v) is 1.58. The van der Waals surface area contributed by atoms with Gasteiger partial charge in [0.2, 0.25) is 0 Å². The minimum atomic E-state index is 0.195. The van der Waals surface area contributed by atoms with Gasteiger partial charge in [0, 0.05) is 11.8 Å². The highest BCUT2D eigenvalue weighted by Gasteiger charge is 1.98. The maximum Gasteiger partial charge on any atom is 0.124 e. The summed E-state index contributed by atoms with van der Waals surface area (Å²) in [5.74, 6) is 0.195. The van der Waals surface area contributed by atoms with Gasteiger partial charge < -0.3 is 5.11 Å². The van der Waals surface area contributed by atoms with Gasteiger partial charge in [0.1, 0.15) is 5.75 Å². The van der Waals surface area contributed by atoms with E-state index in [0.29, 0.717) is 16.8 Å². The summed E-state index contributed by atoms with van der Waals surface area (Å²) in [6, 6.07) is 14.4. The molecular formula is C15H12N2O. The largest absolute Gasteiger partial charge is 0.507 e. The van der Waals surface area contributed by atoms with Crippen LogP contribution in [0.25, 0.3) is 0 Å². The maximum atomic E-state index is 9.67. The first kappa shape index (κ1) is 11.9. The van der Waals surface area contributed by atoms with Crippen LogP contribution in [0.1, 0.15) is 16.7 Å². The molecule has 0 aliphatic rings. The second kappa shape index (κ2) is 5.15. The van der Waals surface area contributed by atoms with Crippen LogP contribution < -0.4 is 0 Å². The van der Waals surface area contributed by atoms with E-state index >= 15 is 0 Å². The van der Waals surface area contributed by atoms with Crippen LogP contribution in [0.3, 0.4) is 0 Å². The third-order valence-electron chi connectivity index (χ3n) is 2.51. The number of phenolic OH excluding ortho intramolecular Hbond substituents is 1. The van der Waals surface area contributed by atoms with E-state index in [1.807, 2.05) is 25.1 Å². The second-order valence-corrected chi connectivity index (χ2v) is 3.98. The molecule has 2 aromatic rings. The van der Waals surface area contributed by atoms with Gasteiger partial charge in [-0.25, -0.2) is 0 Å². The van der Waals surface area contributed by atoms with Crippen molar-refractivity contribution in [2.24, 2.45) is 4.99 Å². The van der Waals surface area contributed by atoms with Gasteiger partial charge >= 0.3 is 0 Å². The van der Waals surface area contributed by atoms with E-state index in [4.69, 9.17) is 5.26 Å². The van der Waals surface area contributed by atoms with Crippen molar-refractivity contribution in [2.75, 3.05) is 0 Å². The fraction of sp³-hybridized carbons (Fsp3) is 0.0667. The third-order valence-corrected chi connectivity index (χ3v) is 2.51. The lowest BCUT2D eigenvalue weighted by Gasteiger charge is -2.00. The van der Waals surface area contributed by atoms with Crippen molar-refractivity contribution in [2.45, 2.75) is 6.92 Å². The molecule has 3 nitrogen and oxygen atoms in total. The molecule has 0 atom stereocenters. The predicted molar refractivity (Wildman–Crippen MR) is 71.3 cm³/mol. The zero-order chi connectivity index (χ0) is 13.0. The number of nitrogens with zero attached hydrogens (tertiary/aromatic N) is 2. The highest BCUT2D eigenvalue weighted by atomic mass is 16.3. The average Bonchev–Trinajstić information content (AvgIpc) is 2.40. The highest BCUT2D eigenvalue weighted by Crippen LogP contribution is 2.18. The molecule has 0 saturated heterocycles. The van der Waals surface area contributed by atoms with Gasteiger partial charge in [-0.1, -0.05) is 17.7 Å². The summed E-state index contributed by atoms with van der Waals surface area (Å²) in [4.78, 5) is 4.25. The molecule has 0 aliphatic heterocycles. The normalized spacial score (nSPS) is 10.4. The maximum absolute atomic E-state index is 9.67. The van der Waals surface area contributed by atoms with Crippen LogP contribution in [0.2, 0.25) is 0 Å². The molecule has 18 heavy (non-hydrogen) atoms. The second-order valence-electron chi connectivity index (χ2n) is 3.98. The SMILES string of the molecule is Cc1ccc(O)c(C=Nc2cccc(C#N)c2)c1. The lowest BCUT2D eigenvalue weighted by atomic mass is 10.1. The van der Waals surface area contributed by atoms with E-state index in [9.17, 15) is 5.11 Å². The average molecular weight is 236 g/mol. The Morgan fingerprint density at radius 2 is 2.06 bits per heavy atom. The van der Waals surface area contributed by atoms with Crippen LogP contribution >= 0.6 is 0 Å². The van der Waals surface area contributed by atoms with Crippen molar-refractivity contribution >= 4 is 11.9 Å². The summed E-state index contributed by atoms with van der Waals surface area (Å²) >= 11 is 0. The van der Waals surface area contributed by atoms with Crippen LogP contribution in [-0.4, -0.2) is 11.3 Å². The minimum absolute atomic E-state index is 0.195.